The van der Waals surface area contributed by atoms with Crippen molar-refractivity contribution < 1.29 is 0 Å². The zero-order valence-corrected chi connectivity index (χ0v) is 22.1. The molecule has 180 valence electrons. The lowest BCUT2D eigenvalue weighted by Gasteiger charge is -2.31. The third-order valence-electron chi connectivity index (χ3n) is 6.45. The minimum Gasteiger partial charge on any atom is -0.383 e. The molecule has 1 atom stereocenters. The Morgan fingerprint density at radius 3 is 1.97 bits per heavy atom. The quantitative estimate of drug-likeness (QED) is 0.271. The van der Waals surface area contributed by atoms with E-state index in [1.807, 2.05) is 36.4 Å². The van der Waals surface area contributed by atoms with Crippen LogP contribution in [0.1, 0.15) is 40.3 Å². The van der Waals surface area contributed by atoms with E-state index in [1.54, 1.807) is 30.3 Å². The number of nitrogen functional groups attached to an aromatic ring is 1. The molecule has 0 spiro atoms. The minimum atomic E-state index is -0.307. The van der Waals surface area contributed by atoms with E-state index in [1.165, 1.54) is 0 Å². The monoisotopic (exact) mass is 560 g/mol. The maximum absolute atomic E-state index is 10.3. The normalized spacial score (nSPS) is 14.6. The Morgan fingerprint density at radius 1 is 0.784 bits per heavy atom. The highest BCUT2D eigenvalue weighted by atomic mass is 35.5. The molecule has 0 fully saturated rings. The fourth-order valence-corrected chi connectivity index (χ4v) is 5.33. The third kappa shape index (κ3) is 4.55. The Morgan fingerprint density at radius 2 is 1.41 bits per heavy atom. The number of anilines is 1. The van der Waals surface area contributed by atoms with Crippen molar-refractivity contribution in [3.63, 3.8) is 0 Å². The summed E-state index contributed by atoms with van der Waals surface area (Å²) >= 11 is 25.0. The summed E-state index contributed by atoms with van der Waals surface area (Å²) < 4.78 is 0. The SMILES string of the molecule is N#CC1=C(c2ccc(Cl)cc2)CC(c2ccc(Cl)c(Cl)c2)c2c1nc(N)c(C#N)c2-c1ccc(Cl)cc1. The van der Waals surface area contributed by atoms with Crippen molar-refractivity contribution in [2.75, 3.05) is 5.73 Å². The molecule has 1 aliphatic carbocycles. The summed E-state index contributed by atoms with van der Waals surface area (Å²) in [6, 6.07) is 24.5. The van der Waals surface area contributed by atoms with E-state index >= 15 is 0 Å². The van der Waals surface area contributed by atoms with Crippen LogP contribution in [-0.2, 0) is 0 Å². The van der Waals surface area contributed by atoms with Crippen molar-refractivity contribution >= 4 is 63.4 Å². The summed E-state index contributed by atoms with van der Waals surface area (Å²) in [6.45, 7) is 0. The minimum absolute atomic E-state index is 0.0456. The van der Waals surface area contributed by atoms with Gasteiger partial charge in [0.15, 0.2) is 0 Å². The smallest absolute Gasteiger partial charge is 0.142 e. The van der Waals surface area contributed by atoms with E-state index in [-0.39, 0.29) is 17.3 Å². The number of benzene rings is 3. The van der Waals surface area contributed by atoms with E-state index in [2.05, 4.69) is 17.1 Å². The van der Waals surface area contributed by atoms with Gasteiger partial charge in [-0.1, -0.05) is 76.7 Å². The number of hydrogen-bond donors (Lipinski definition) is 1. The maximum Gasteiger partial charge on any atom is 0.142 e. The molecule has 0 amide bonds. The first-order valence-corrected chi connectivity index (χ1v) is 12.7. The fraction of sp³-hybridized carbons (Fsp3) is 0.0690. The number of nitrogens with two attached hydrogens (primary N) is 1. The van der Waals surface area contributed by atoms with Gasteiger partial charge in [-0.3, -0.25) is 0 Å². The largest absolute Gasteiger partial charge is 0.383 e. The van der Waals surface area contributed by atoms with Gasteiger partial charge in [0.1, 0.15) is 23.5 Å². The lowest BCUT2D eigenvalue weighted by atomic mass is 9.73. The van der Waals surface area contributed by atoms with Crippen LogP contribution in [0.5, 0.6) is 0 Å². The Bertz CT molecular complexity index is 1660. The van der Waals surface area contributed by atoms with E-state index in [4.69, 9.17) is 52.1 Å². The van der Waals surface area contributed by atoms with E-state index < -0.39 is 0 Å². The zero-order valence-electron chi connectivity index (χ0n) is 19.1. The number of nitriles is 2. The van der Waals surface area contributed by atoms with Gasteiger partial charge in [0, 0.05) is 21.5 Å². The molecule has 37 heavy (non-hydrogen) atoms. The summed E-state index contributed by atoms with van der Waals surface area (Å²) in [5, 5.41) is 22.4. The Kier molecular flexibility index (Phi) is 6.86. The van der Waals surface area contributed by atoms with Crippen molar-refractivity contribution in [1.82, 2.24) is 4.98 Å². The number of hydrogen-bond acceptors (Lipinski definition) is 4. The van der Waals surface area contributed by atoms with Crippen LogP contribution < -0.4 is 5.73 Å². The first-order chi connectivity index (χ1) is 17.8. The fourth-order valence-electron chi connectivity index (χ4n) is 4.78. The molecule has 2 N–H and O–H groups in total. The molecule has 5 rings (SSSR count). The highest BCUT2D eigenvalue weighted by Gasteiger charge is 2.35. The average Bonchev–Trinajstić information content (AvgIpc) is 2.89. The molecule has 3 aromatic carbocycles. The molecule has 8 heteroatoms. The van der Waals surface area contributed by atoms with Crippen LogP contribution in [0.15, 0.2) is 66.7 Å². The van der Waals surface area contributed by atoms with Crippen LogP contribution >= 0.6 is 46.4 Å². The molecule has 1 heterocycles. The lowest BCUT2D eigenvalue weighted by molar-refractivity contribution is 0.821. The first kappa shape index (κ1) is 25.2. The van der Waals surface area contributed by atoms with Gasteiger partial charge in [-0.25, -0.2) is 4.98 Å². The number of nitrogens with zero attached hydrogens (tertiary/aromatic N) is 3. The lowest BCUT2D eigenvalue weighted by Crippen LogP contribution is -2.17. The molecule has 1 aromatic heterocycles. The molecule has 0 bridgehead atoms. The molecule has 4 nitrogen and oxygen atoms in total. The zero-order chi connectivity index (χ0) is 26.3. The Balaban J connectivity index is 1.90. The maximum atomic E-state index is 10.3. The summed E-state index contributed by atoms with van der Waals surface area (Å²) in [5.74, 6) is -0.261. The number of pyridine rings is 1. The van der Waals surface area contributed by atoms with E-state index in [0.29, 0.717) is 43.3 Å². The summed E-state index contributed by atoms with van der Waals surface area (Å²) in [7, 11) is 0. The Labute approximate surface area is 234 Å². The molecule has 4 aromatic rings. The molecular weight excluding hydrogens is 546 g/mol. The predicted octanol–water partition coefficient (Wildman–Crippen LogP) is 8.79. The molecule has 1 unspecified atom stereocenters. The van der Waals surface area contributed by atoms with Crippen LogP contribution in [0.4, 0.5) is 5.82 Å². The standard InChI is InChI=1S/C29H16Cl4N4/c30-18-6-1-15(2-7-18)20-12-21(17-5-10-24(32)25(33)11-17)27-26(16-3-8-19(31)9-4-16)23(14-35)29(36)37-28(27)22(20)13-34/h1-11,21H,12H2,(H2,36,37). The van der Waals surface area contributed by atoms with E-state index in [0.717, 1.165) is 27.8 Å². The van der Waals surface area contributed by atoms with Gasteiger partial charge in [0.25, 0.3) is 0 Å². The summed E-state index contributed by atoms with van der Waals surface area (Å²) in [4.78, 5) is 4.61. The van der Waals surface area contributed by atoms with Gasteiger partial charge >= 0.3 is 0 Å². The van der Waals surface area contributed by atoms with Crippen molar-refractivity contribution in [3.8, 4) is 23.3 Å². The second kappa shape index (κ2) is 10.1. The molecule has 0 saturated carbocycles. The van der Waals surface area contributed by atoms with Gasteiger partial charge < -0.3 is 5.73 Å². The van der Waals surface area contributed by atoms with Crippen LogP contribution in [0.3, 0.4) is 0 Å². The third-order valence-corrected chi connectivity index (χ3v) is 7.70. The highest BCUT2D eigenvalue weighted by molar-refractivity contribution is 6.42. The molecular formula is C29H16Cl4N4. The van der Waals surface area contributed by atoms with Crippen LogP contribution in [0, 0.1) is 22.7 Å². The number of halogens is 4. The molecule has 0 saturated heterocycles. The first-order valence-electron chi connectivity index (χ1n) is 11.2. The van der Waals surface area contributed by atoms with E-state index in [9.17, 15) is 10.5 Å². The molecule has 1 aliphatic rings. The van der Waals surface area contributed by atoms with Crippen molar-refractivity contribution in [1.29, 1.82) is 10.5 Å². The number of rotatable bonds is 3. The van der Waals surface area contributed by atoms with Gasteiger partial charge in [-0.2, -0.15) is 10.5 Å². The topological polar surface area (TPSA) is 86.5 Å². The van der Waals surface area contributed by atoms with Crippen LogP contribution in [-0.4, -0.2) is 4.98 Å². The van der Waals surface area contributed by atoms with Gasteiger partial charge in [-0.15, -0.1) is 0 Å². The van der Waals surface area contributed by atoms with Crippen molar-refractivity contribution in [3.05, 3.63) is 115 Å². The van der Waals surface area contributed by atoms with Gasteiger partial charge in [0.05, 0.1) is 21.3 Å². The summed E-state index contributed by atoms with van der Waals surface area (Å²) in [5.41, 5.74) is 11.9. The second-order valence-electron chi connectivity index (χ2n) is 8.53. The van der Waals surface area contributed by atoms with Crippen LogP contribution in [0.2, 0.25) is 20.1 Å². The molecule has 0 aliphatic heterocycles. The van der Waals surface area contributed by atoms with Crippen molar-refractivity contribution in [2.24, 2.45) is 0 Å². The van der Waals surface area contributed by atoms with Crippen molar-refractivity contribution in [2.45, 2.75) is 12.3 Å². The predicted molar refractivity (Wildman–Crippen MR) is 151 cm³/mol. The Hall–Kier alpha value is -3.51. The highest BCUT2D eigenvalue weighted by Crippen LogP contribution is 2.50. The number of aromatic nitrogens is 1. The average molecular weight is 562 g/mol. The number of fused-ring (bicyclic) bond motifs is 1. The molecule has 0 radical (unpaired) electrons. The van der Waals surface area contributed by atoms with Crippen LogP contribution in [0.25, 0.3) is 22.3 Å². The van der Waals surface area contributed by atoms with Gasteiger partial charge in [0.2, 0.25) is 0 Å². The second-order valence-corrected chi connectivity index (χ2v) is 10.2. The summed E-state index contributed by atoms with van der Waals surface area (Å²) in [6.07, 6.45) is 0.451. The number of allylic oxidation sites excluding steroid dienone is 2. The van der Waals surface area contributed by atoms with Gasteiger partial charge in [-0.05, 0) is 70.6 Å².